The minimum absolute atomic E-state index is 0.221. The number of amides is 1. The van der Waals surface area contributed by atoms with Gasteiger partial charge in [-0.05, 0) is 36.4 Å². The van der Waals surface area contributed by atoms with Crippen LogP contribution in [0.5, 0.6) is 0 Å². The van der Waals surface area contributed by atoms with E-state index in [1.165, 1.54) is 6.07 Å². The molecule has 0 aromatic heterocycles. The number of carbonyl (C=O) groups excluding carboxylic acids is 2. The maximum absolute atomic E-state index is 11.8. The molecule has 2 aromatic rings. The lowest BCUT2D eigenvalue weighted by Gasteiger charge is -2.07. The van der Waals surface area contributed by atoms with E-state index in [0.717, 1.165) is 0 Å². The zero-order chi connectivity index (χ0) is 15.2. The molecule has 21 heavy (non-hydrogen) atoms. The Balaban J connectivity index is 1.88. The fourth-order valence-corrected chi connectivity index (χ4v) is 1.90. The highest BCUT2D eigenvalue weighted by molar-refractivity contribution is 6.33. The lowest BCUT2D eigenvalue weighted by Crippen LogP contribution is -2.21. The third-order valence-corrected chi connectivity index (χ3v) is 3.14. The fourth-order valence-electron chi connectivity index (χ4n) is 1.57. The van der Waals surface area contributed by atoms with Gasteiger partial charge in [0, 0.05) is 10.7 Å². The summed E-state index contributed by atoms with van der Waals surface area (Å²) in [4.78, 5) is 23.4. The van der Waals surface area contributed by atoms with Crippen molar-refractivity contribution < 1.29 is 14.3 Å². The van der Waals surface area contributed by atoms with Crippen molar-refractivity contribution in [1.82, 2.24) is 0 Å². The van der Waals surface area contributed by atoms with Gasteiger partial charge in [0.1, 0.15) is 0 Å². The van der Waals surface area contributed by atoms with Gasteiger partial charge in [0.15, 0.2) is 6.61 Å². The second-order valence-electron chi connectivity index (χ2n) is 4.11. The van der Waals surface area contributed by atoms with Crippen LogP contribution in [0.4, 0.5) is 5.69 Å². The molecule has 0 unspecified atom stereocenters. The molecule has 0 saturated heterocycles. The second-order valence-corrected chi connectivity index (χ2v) is 4.95. The number of esters is 1. The highest BCUT2D eigenvalue weighted by Gasteiger charge is 2.13. The lowest BCUT2D eigenvalue weighted by atomic mass is 10.2. The van der Waals surface area contributed by atoms with Gasteiger partial charge in [0.2, 0.25) is 0 Å². The van der Waals surface area contributed by atoms with Gasteiger partial charge in [-0.25, -0.2) is 4.79 Å². The van der Waals surface area contributed by atoms with Crippen molar-refractivity contribution in [2.45, 2.75) is 0 Å². The number of anilines is 1. The van der Waals surface area contributed by atoms with Crippen LogP contribution in [0.3, 0.4) is 0 Å². The lowest BCUT2D eigenvalue weighted by molar-refractivity contribution is -0.119. The van der Waals surface area contributed by atoms with Crippen LogP contribution in [0.1, 0.15) is 10.4 Å². The Labute approximate surface area is 131 Å². The molecule has 0 spiro atoms. The predicted molar refractivity (Wildman–Crippen MR) is 81.8 cm³/mol. The molecule has 0 aliphatic rings. The molecule has 0 bridgehead atoms. The van der Waals surface area contributed by atoms with Gasteiger partial charge in [-0.15, -0.1) is 0 Å². The Hall–Kier alpha value is -2.04. The molecule has 0 saturated carbocycles. The zero-order valence-corrected chi connectivity index (χ0v) is 12.3. The Kier molecular flexibility index (Phi) is 5.20. The topological polar surface area (TPSA) is 55.4 Å². The SMILES string of the molecule is O=C(COC(=O)c1ccccc1Cl)Nc1ccc(Cl)cc1. The van der Waals surface area contributed by atoms with E-state index in [1.54, 1.807) is 42.5 Å². The van der Waals surface area contributed by atoms with Crippen molar-refractivity contribution in [2.75, 3.05) is 11.9 Å². The van der Waals surface area contributed by atoms with Gasteiger partial charge in [-0.1, -0.05) is 35.3 Å². The summed E-state index contributed by atoms with van der Waals surface area (Å²) >= 11 is 11.6. The smallest absolute Gasteiger partial charge is 0.340 e. The highest BCUT2D eigenvalue weighted by atomic mass is 35.5. The Morgan fingerprint density at radius 1 is 1.00 bits per heavy atom. The van der Waals surface area contributed by atoms with Crippen LogP contribution in [0, 0.1) is 0 Å². The molecular weight excluding hydrogens is 313 g/mol. The summed E-state index contributed by atoms with van der Waals surface area (Å²) < 4.78 is 4.91. The number of ether oxygens (including phenoxy) is 1. The van der Waals surface area contributed by atoms with Crippen LogP contribution in [0.2, 0.25) is 10.0 Å². The zero-order valence-electron chi connectivity index (χ0n) is 10.8. The van der Waals surface area contributed by atoms with Gasteiger partial charge in [0.25, 0.3) is 5.91 Å². The predicted octanol–water partition coefficient (Wildman–Crippen LogP) is 3.79. The van der Waals surface area contributed by atoms with Gasteiger partial charge >= 0.3 is 5.97 Å². The van der Waals surface area contributed by atoms with Crippen molar-refractivity contribution in [3.8, 4) is 0 Å². The first-order chi connectivity index (χ1) is 10.1. The first-order valence-corrected chi connectivity index (χ1v) is 6.79. The minimum Gasteiger partial charge on any atom is -0.452 e. The molecule has 2 rings (SSSR count). The van der Waals surface area contributed by atoms with Crippen LogP contribution in [-0.4, -0.2) is 18.5 Å². The van der Waals surface area contributed by atoms with Crippen molar-refractivity contribution in [2.24, 2.45) is 0 Å². The molecule has 4 nitrogen and oxygen atoms in total. The largest absolute Gasteiger partial charge is 0.452 e. The normalized spacial score (nSPS) is 10.0. The average molecular weight is 324 g/mol. The van der Waals surface area contributed by atoms with E-state index in [9.17, 15) is 9.59 Å². The molecule has 0 atom stereocenters. The third kappa shape index (κ3) is 4.48. The van der Waals surface area contributed by atoms with E-state index in [-0.39, 0.29) is 10.6 Å². The van der Waals surface area contributed by atoms with Crippen LogP contribution in [-0.2, 0) is 9.53 Å². The standard InChI is InChI=1S/C15H11Cl2NO3/c16-10-5-7-11(8-6-10)18-14(19)9-21-15(20)12-3-1-2-4-13(12)17/h1-8H,9H2,(H,18,19). The summed E-state index contributed by atoms with van der Waals surface area (Å²) in [6.45, 7) is -0.396. The van der Waals surface area contributed by atoms with Gasteiger partial charge in [0.05, 0.1) is 10.6 Å². The van der Waals surface area contributed by atoms with E-state index in [2.05, 4.69) is 5.32 Å². The van der Waals surface area contributed by atoms with Crippen LogP contribution < -0.4 is 5.32 Å². The first-order valence-electron chi connectivity index (χ1n) is 6.03. The Bertz CT molecular complexity index is 656. The van der Waals surface area contributed by atoms with E-state index in [1.807, 2.05) is 0 Å². The molecule has 1 N–H and O–H groups in total. The molecule has 1 amide bonds. The summed E-state index contributed by atoms with van der Waals surface area (Å²) in [7, 11) is 0. The molecule has 6 heteroatoms. The quantitative estimate of drug-likeness (QED) is 0.871. The number of halogens is 2. The summed E-state index contributed by atoms with van der Waals surface area (Å²) in [6.07, 6.45) is 0. The molecule has 0 aliphatic carbocycles. The maximum Gasteiger partial charge on any atom is 0.340 e. The van der Waals surface area contributed by atoms with E-state index >= 15 is 0 Å². The number of carbonyl (C=O) groups is 2. The monoisotopic (exact) mass is 323 g/mol. The Morgan fingerprint density at radius 3 is 2.33 bits per heavy atom. The molecule has 0 radical (unpaired) electrons. The molecule has 0 aliphatic heterocycles. The van der Waals surface area contributed by atoms with Crippen LogP contribution in [0.15, 0.2) is 48.5 Å². The summed E-state index contributed by atoms with van der Waals surface area (Å²) in [6, 6.07) is 13.1. The summed E-state index contributed by atoms with van der Waals surface area (Å²) in [5, 5.41) is 3.43. The molecule has 0 fully saturated rings. The number of hydrogen-bond donors (Lipinski definition) is 1. The van der Waals surface area contributed by atoms with E-state index in [0.29, 0.717) is 10.7 Å². The number of benzene rings is 2. The average Bonchev–Trinajstić information content (AvgIpc) is 2.48. The van der Waals surface area contributed by atoms with Gasteiger partial charge < -0.3 is 10.1 Å². The second kappa shape index (κ2) is 7.11. The Morgan fingerprint density at radius 2 is 1.67 bits per heavy atom. The summed E-state index contributed by atoms with van der Waals surface area (Å²) in [5.74, 6) is -1.09. The fraction of sp³-hybridized carbons (Fsp3) is 0.0667. The highest BCUT2D eigenvalue weighted by Crippen LogP contribution is 2.16. The molecular formula is C15H11Cl2NO3. The minimum atomic E-state index is -0.646. The number of rotatable bonds is 4. The van der Waals surface area contributed by atoms with Gasteiger partial charge in [-0.2, -0.15) is 0 Å². The van der Waals surface area contributed by atoms with Crippen molar-refractivity contribution in [1.29, 1.82) is 0 Å². The maximum atomic E-state index is 11.8. The first kappa shape index (κ1) is 15.4. The molecule has 0 heterocycles. The van der Waals surface area contributed by atoms with Gasteiger partial charge in [-0.3, -0.25) is 4.79 Å². The van der Waals surface area contributed by atoms with E-state index < -0.39 is 18.5 Å². The molecule has 2 aromatic carbocycles. The van der Waals surface area contributed by atoms with Crippen molar-refractivity contribution >= 4 is 40.8 Å². The van der Waals surface area contributed by atoms with E-state index in [4.69, 9.17) is 27.9 Å². The van der Waals surface area contributed by atoms with Crippen molar-refractivity contribution in [3.05, 3.63) is 64.1 Å². The van der Waals surface area contributed by atoms with Crippen LogP contribution in [0.25, 0.3) is 0 Å². The van der Waals surface area contributed by atoms with Crippen molar-refractivity contribution in [3.63, 3.8) is 0 Å². The third-order valence-electron chi connectivity index (χ3n) is 2.56. The summed E-state index contributed by atoms with van der Waals surface area (Å²) in [5.41, 5.74) is 0.789. The number of hydrogen-bond acceptors (Lipinski definition) is 3. The molecule has 108 valence electrons. The number of nitrogens with one attached hydrogen (secondary N) is 1. The van der Waals surface area contributed by atoms with Crippen LogP contribution >= 0.6 is 23.2 Å².